The van der Waals surface area contributed by atoms with E-state index in [1.54, 1.807) is 0 Å². The van der Waals surface area contributed by atoms with Crippen molar-refractivity contribution >= 4 is 0 Å². The van der Waals surface area contributed by atoms with E-state index in [2.05, 4.69) is 160 Å². The summed E-state index contributed by atoms with van der Waals surface area (Å²) in [7, 11) is 0. The summed E-state index contributed by atoms with van der Waals surface area (Å²) in [6.07, 6.45) is 37.3. The molecule has 1 heteroatoms. The highest BCUT2D eigenvalue weighted by atomic mass is 16.3. The highest BCUT2D eigenvalue weighted by Gasteiger charge is 2.30. The van der Waals surface area contributed by atoms with E-state index in [0.717, 1.165) is 6.42 Å². The standard InChI is InChI=1S/C40H54O/c1-30(18-13-20-32(3)23-25-37-34(5)22-15-27-39(37,7)8)16-11-12-17-31(2)19-14-21-33(4)24-26-38-35(6)28-36(41)29-40(38,9)10/h11-14,16-26,28,36,41H,15,27,29H2,1-10H3/b16-11+,17-12+,20-13+,21-14+,30-18+,31-19+,32-23+,33-24+,37-25+,38-26+. The summed E-state index contributed by atoms with van der Waals surface area (Å²) < 4.78 is 0. The molecule has 41 heavy (non-hydrogen) atoms. The van der Waals surface area contributed by atoms with Crippen LogP contribution in [0.3, 0.4) is 0 Å². The molecule has 1 atom stereocenters. The Morgan fingerprint density at radius 1 is 0.659 bits per heavy atom. The van der Waals surface area contributed by atoms with Crippen LogP contribution in [0.1, 0.15) is 88.5 Å². The lowest BCUT2D eigenvalue weighted by Crippen LogP contribution is -2.26. The van der Waals surface area contributed by atoms with Gasteiger partial charge in [-0.25, -0.2) is 0 Å². The van der Waals surface area contributed by atoms with Crippen LogP contribution < -0.4 is 0 Å². The molecule has 0 amide bonds. The van der Waals surface area contributed by atoms with E-state index in [4.69, 9.17) is 0 Å². The fraction of sp³-hybridized carbons (Fsp3) is 0.400. The summed E-state index contributed by atoms with van der Waals surface area (Å²) in [5.74, 6) is 0. The van der Waals surface area contributed by atoms with Gasteiger partial charge < -0.3 is 5.11 Å². The van der Waals surface area contributed by atoms with Crippen LogP contribution in [0.25, 0.3) is 0 Å². The molecule has 2 aliphatic rings. The second-order valence-corrected chi connectivity index (χ2v) is 13.1. The third kappa shape index (κ3) is 11.7. The number of hydrogen-bond donors (Lipinski definition) is 1. The van der Waals surface area contributed by atoms with Gasteiger partial charge in [-0.3, -0.25) is 0 Å². The number of aliphatic hydroxyl groups is 1. The molecule has 0 radical (unpaired) electrons. The SMILES string of the molecule is CC1=CCCC(C)(C)/C1=C/C=C(C)/C=C/C=C(C)/C=C/C=C/C(C)=C/C=C/C(C)=C/C=C1\C(C)=CC(O)CC1(C)C. The molecule has 0 aromatic heterocycles. The number of aliphatic hydroxyl groups excluding tert-OH is 1. The lowest BCUT2D eigenvalue weighted by Gasteiger charge is -2.34. The topological polar surface area (TPSA) is 20.2 Å². The monoisotopic (exact) mass is 550 g/mol. The van der Waals surface area contributed by atoms with E-state index < -0.39 is 0 Å². The van der Waals surface area contributed by atoms with Crippen molar-refractivity contribution in [2.45, 2.75) is 94.6 Å². The summed E-state index contributed by atoms with van der Waals surface area (Å²) in [4.78, 5) is 0. The maximum absolute atomic E-state index is 10.0. The van der Waals surface area contributed by atoms with Crippen molar-refractivity contribution in [3.05, 3.63) is 142 Å². The molecular weight excluding hydrogens is 496 g/mol. The van der Waals surface area contributed by atoms with Crippen LogP contribution in [0.15, 0.2) is 142 Å². The molecule has 0 saturated carbocycles. The molecule has 1 nitrogen and oxygen atoms in total. The Morgan fingerprint density at radius 2 is 1.10 bits per heavy atom. The summed E-state index contributed by atoms with van der Waals surface area (Å²) in [6.45, 7) is 21.9. The Balaban J connectivity index is 1.91. The normalized spacial score (nSPS) is 24.9. The molecule has 0 heterocycles. The van der Waals surface area contributed by atoms with Gasteiger partial charge in [-0.15, -0.1) is 0 Å². The predicted molar refractivity (Wildman–Crippen MR) is 183 cm³/mol. The van der Waals surface area contributed by atoms with E-state index in [9.17, 15) is 5.11 Å². The van der Waals surface area contributed by atoms with Crippen molar-refractivity contribution in [3.63, 3.8) is 0 Å². The quantitative estimate of drug-likeness (QED) is 0.283. The number of rotatable bonds is 9. The van der Waals surface area contributed by atoms with Gasteiger partial charge in [-0.05, 0) is 88.4 Å². The summed E-state index contributed by atoms with van der Waals surface area (Å²) in [5.41, 5.74) is 10.4. The van der Waals surface area contributed by atoms with Crippen LogP contribution in [0.5, 0.6) is 0 Å². The molecule has 0 aliphatic heterocycles. The first-order chi connectivity index (χ1) is 19.2. The Kier molecular flexibility index (Phi) is 13.1. The zero-order valence-corrected chi connectivity index (χ0v) is 27.4. The fourth-order valence-electron chi connectivity index (χ4n) is 5.52. The second-order valence-electron chi connectivity index (χ2n) is 13.1. The van der Waals surface area contributed by atoms with E-state index in [1.165, 1.54) is 57.4 Å². The minimum atomic E-state index is -0.346. The predicted octanol–water partition coefficient (Wildman–Crippen LogP) is 11.4. The molecule has 2 aliphatic carbocycles. The zero-order chi connectivity index (χ0) is 30.6. The Labute approximate surface area is 251 Å². The van der Waals surface area contributed by atoms with Gasteiger partial charge in [0.25, 0.3) is 0 Å². The smallest absolute Gasteiger partial charge is 0.0734 e. The van der Waals surface area contributed by atoms with Gasteiger partial charge >= 0.3 is 0 Å². The van der Waals surface area contributed by atoms with Crippen LogP contribution >= 0.6 is 0 Å². The van der Waals surface area contributed by atoms with Crippen molar-refractivity contribution in [3.8, 4) is 0 Å². The summed E-state index contributed by atoms with van der Waals surface area (Å²) in [5, 5.41) is 10.0. The van der Waals surface area contributed by atoms with Gasteiger partial charge in [0.1, 0.15) is 0 Å². The minimum absolute atomic E-state index is 0.0194. The fourth-order valence-corrected chi connectivity index (χ4v) is 5.52. The van der Waals surface area contributed by atoms with Crippen molar-refractivity contribution in [1.29, 1.82) is 0 Å². The molecule has 1 unspecified atom stereocenters. The minimum Gasteiger partial charge on any atom is -0.389 e. The van der Waals surface area contributed by atoms with Crippen LogP contribution in [-0.2, 0) is 0 Å². The lowest BCUT2D eigenvalue weighted by atomic mass is 9.72. The Morgan fingerprint density at radius 3 is 1.56 bits per heavy atom. The first-order valence-corrected chi connectivity index (χ1v) is 15.1. The van der Waals surface area contributed by atoms with E-state index in [0.29, 0.717) is 0 Å². The van der Waals surface area contributed by atoms with Crippen molar-refractivity contribution in [1.82, 2.24) is 0 Å². The largest absolute Gasteiger partial charge is 0.389 e. The van der Waals surface area contributed by atoms with Crippen LogP contribution in [0.2, 0.25) is 0 Å². The van der Waals surface area contributed by atoms with E-state index in [1.807, 2.05) is 6.08 Å². The van der Waals surface area contributed by atoms with Gasteiger partial charge in [-0.2, -0.15) is 0 Å². The molecule has 0 bridgehead atoms. The molecular formula is C40H54O. The van der Waals surface area contributed by atoms with E-state index in [-0.39, 0.29) is 16.9 Å². The number of allylic oxidation sites excluding steroid dienone is 23. The van der Waals surface area contributed by atoms with E-state index >= 15 is 0 Å². The van der Waals surface area contributed by atoms with Gasteiger partial charge in [0.05, 0.1) is 6.10 Å². The molecule has 0 spiro atoms. The van der Waals surface area contributed by atoms with Crippen LogP contribution in [0, 0.1) is 10.8 Å². The molecule has 0 aromatic carbocycles. The molecule has 220 valence electrons. The average molecular weight is 551 g/mol. The average Bonchev–Trinajstić information content (AvgIpc) is 2.84. The Hall–Kier alpha value is -3.16. The highest BCUT2D eigenvalue weighted by Crippen LogP contribution is 2.41. The molecule has 0 saturated heterocycles. The zero-order valence-electron chi connectivity index (χ0n) is 27.4. The van der Waals surface area contributed by atoms with Crippen LogP contribution in [0.4, 0.5) is 0 Å². The van der Waals surface area contributed by atoms with Gasteiger partial charge in [0, 0.05) is 0 Å². The second kappa shape index (κ2) is 15.7. The first kappa shape index (κ1) is 34.0. The molecule has 2 rings (SSSR count). The maximum atomic E-state index is 10.0. The third-order valence-corrected chi connectivity index (χ3v) is 7.98. The van der Waals surface area contributed by atoms with Gasteiger partial charge in [0.15, 0.2) is 0 Å². The summed E-state index contributed by atoms with van der Waals surface area (Å²) >= 11 is 0. The lowest BCUT2D eigenvalue weighted by molar-refractivity contribution is 0.161. The van der Waals surface area contributed by atoms with Crippen molar-refractivity contribution in [2.24, 2.45) is 10.8 Å². The van der Waals surface area contributed by atoms with Gasteiger partial charge in [-0.1, -0.05) is 153 Å². The molecule has 0 aromatic rings. The first-order valence-electron chi connectivity index (χ1n) is 15.1. The maximum Gasteiger partial charge on any atom is 0.0734 e. The third-order valence-electron chi connectivity index (χ3n) is 7.98. The molecule has 0 fully saturated rings. The van der Waals surface area contributed by atoms with Crippen molar-refractivity contribution < 1.29 is 5.11 Å². The van der Waals surface area contributed by atoms with Crippen LogP contribution in [-0.4, -0.2) is 11.2 Å². The summed E-state index contributed by atoms with van der Waals surface area (Å²) in [6, 6.07) is 0. The molecule has 1 N–H and O–H groups in total. The highest BCUT2D eigenvalue weighted by molar-refractivity contribution is 5.43. The number of hydrogen-bond acceptors (Lipinski definition) is 1. The van der Waals surface area contributed by atoms with Crippen molar-refractivity contribution in [2.75, 3.05) is 0 Å². The Bertz CT molecular complexity index is 1300. The van der Waals surface area contributed by atoms with Gasteiger partial charge in [0.2, 0.25) is 0 Å².